The molecule has 2 N–H and O–H groups in total. The van der Waals surface area contributed by atoms with Crippen LogP contribution in [0, 0.1) is 13.8 Å². The zero-order valence-corrected chi connectivity index (χ0v) is 18.8. The molecule has 1 aromatic heterocycles. The molecule has 0 bridgehead atoms. The Hall–Kier alpha value is -3.24. The molecule has 0 saturated carbocycles. The van der Waals surface area contributed by atoms with Gasteiger partial charge in [-0.15, -0.1) is 0 Å². The predicted octanol–water partition coefficient (Wildman–Crippen LogP) is 5.70. The SMILES string of the molecule is Cc1ccc(N2CCc3c([nH]c4ccc(C)cc34)C2c2ccc(OCCCO)cc2)cc1. The normalized spacial score (nSPS) is 15.7. The third kappa shape index (κ3) is 3.87. The van der Waals surface area contributed by atoms with Crippen LogP contribution in [0.1, 0.15) is 40.4 Å². The van der Waals surface area contributed by atoms with E-state index < -0.39 is 0 Å². The van der Waals surface area contributed by atoms with Gasteiger partial charge in [0.05, 0.1) is 12.6 Å². The molecule has 0 radical (unpaired) electrons. The fourth-order valence-electron chi connectivity index (χ4n) is 4.76. The van der Waals surface area contributed by atoms with Crippen LogP contribution in [0.5, 0.6) is 5.75 Å². The van der Waals surface area contributed by atoms with Crippen LogP contribution in [0.4, 0.5) is 5.69 Å². The molecule has 0 saturated heterocycles. The zero-order chi connectivity index (χ0) is 22.1. The van der Waals surface area contributed by atoms with E-state index in [0.29, 0.717) is 13.0 Å². The summed E-state index contributed by atoms with van der Waals surface area (Å²) in [6.07, 6.45) is 1.66. The van der Waals surface area contributed by atoms with E-state index in [-0.39, 0.29) is 12.6 Å². The Morgan fingerprint density at radius 2 is 1.72 bits per heavy atom. The lowest BCUT2D eigenvalue weighted by Crippen LogP contribution is -2.36. The number of rotatable bonds is 6. The van der Waals surface area contributed by atoms with Gasteiger partial charge in [-0.1, -0.05) is 41.5 Å². The molecule has 1 atom stereocenters. The van der Waals surface area contributed by atoms with Crippen LogP contribution in [-0.4, -0.2) is 29.8 Å². The molecule has 4 nitrogen and oxygen atoms in total. The largest absolute Gasteiger partial charge is 0.494 e. The first-order valence-corrected chi connectivity index (χ1v) is 11.4. The molecule has 0 spiro atoms. The number of anilines is 1. The van der Waals surface area contributed by atoms with E-state index in [1.54, 1.807) is 0 Å². The van der Waals surface area contributed by atoms with E-state index >= 15 is 0 Å². The number of aromatic amines is 1. The lowest BCUT2D eigenvalue weighted by Gasteiger charge is -2.38. The first-order valence-electron chi connectivity index (χ1n) is 11.4. The molecule has 1 aliphatic heterocycles. The monoisotopic (exact) mass is 426 g/mol. The van der Waals surface area contributed by atoms with E-state index in [2.05, 4.69) is 78.3 Å². The maximum atomic E-state index is 8.99. The van der Waals surface area contributed by atoms with Crippen LogP contribution in [0.15, 0.2) is 66.7 Å². The van der Waals surface area contributed by atoms with E-state index in [1.165, 1.54) is 44.5 Å². The summed E-state index contributed by atoms with van der Waals surface area (Å²) in [6, 6.07) is 24.1. The minimum Gasteiger partial charge on any atom is -0.494 e. The van der Waals surface area contributed by atoms with Crippen molar-refractivity contribution in [3.05, 3.63) is 94.7 Å². The fourth-order valence-corrected chi connectivity index (χ4v) is 4.76. The van der Waals surface area contributed by atoms with Crippen LogP contribution in [0.3, 0.4) is 0 Å². The standard InChI is InChI=1S/C28H30N2O2/c1-19-4-9-22(10-5-19)30-15-14-24-25-18-20(2)6-13-26(25)29-27(24)28(30)21-7-11-23(12-8-21)32-17-3-16-31/h4-13,18,28-29,31H,3,14-17H2,1-2H3. The van der Waals surface area contributed by atoms with Gasteiger partial charge in [-0.2, -0.15) is 0 Å². The number of hydrogen-bond acceptors (Lipinski definition) is 3. The average Bonchev–Trinajstić information content (AvgIpc) is 3.17. The van der Waals surface area contributed by atoms with Gasteiger partial charge >= 0.3 is 0 Å². The number of aliphatic hydroxyl groups is 1. The van der Waals surface area contributed by atoms with Crippen molar-refractivity contribution in [3.63, 3.8) is 0 Å². The van der Waals surface area contributed by atoms with Crippen LogP contribution >= 0.6 is 0 Å². The molecule has 2 heterocycles. The lowest BCUT2D eigenvalue weighted by molar-refractivity contribution is 0.233. The molecule has 32 heavy (non-hydrogen) atoms. The van der Waals surface area contributed by atoms with Crippen molar-refractivity contribution in [1.29, 1.82) is 0 Å². The molecular formula is C28H30N2O2. The van der Waals surface area contributed by atoms with E-state index in [4.69, 9.17) is 9.84 Å². The second-order valence-corrected chi connectivity index (χ2v) is 8.74. The summed E-state index contributed by atoms with van der Waals surface area (Å²) in [7, 11) is 0. The molecule has 1 unspecified atom stereocenters. The highest BCUT2D eigenvalue weighted by Gasteiger charge is 2.32. The molecule has 0 aliphatic carbocycles. The molecule has 5 rings (SSSR count). The van der Waals surface area contributed by atoms with E-state index in [0.717, 1.165) is 18.7 Å². The summed E-state index contributed by atoms with van der Waals surface area (Å²) < 4.78 is 5.76. The summed E-state index contributed by atoms with van der Waals surface area (Å²) in [5.74, 6) is 0.840. The Bertz CT molecular complexity index is 1210. The molecule has 4 aromatic rings. The molecular weight excluding hydrogens is 396 g/mol. The second-order valence-electron chi connectivity index (χ2n) is 8.74. The summed E-state index contributed by atoms with van der Waals surface area (Å²) >= 11 is 0. The number of benzene rings is 3. The zero-order valence-electron chi connectivity index (χ0n) is 18.8. The van der Waals surface area contributed by atoms with Crippen molar-refractivity contribution in [2.24, 2.45) is 0 Å². The van der Waals surface area contributed by atoms with Gasteiger partial charge in [0.1, 0.15) is 5.75 Å². The van der Waals surface area contributed by atoms with Crippen LogP contribution in [0.2, 0.25) is 0 Å². The van der Waals surface area contributed by atoms with Gasteiger partial charge in [0.15, 0.2) is 0 Å². The first-order chi connectivity index (χ1) is 15.6. The number of fused-ring (bicyclic) bond motifs is 3. The number of H-pyrrole nitrogens is 1. The summed E-state index contributed by atoms with van der Waals surface area (Å²) in [4.78, 5) is 6.26. The van der Waals surface area contributed by atoms with Crippen LogP contribution in [-0.2, 0) is 6.42 Å². The maximum absolute atomic E-state index is 8.99. The minimum atomic E-state index is 0.112. The molecule has 3 aromatic carbocycles. The van der Waals surface area contributed by atoms with Gasteiger partial charge < -0.3 is 19.7 Å². The second kappa shape index (κ2) is 8.71. The highest BCUT2D eigenvalue weighted by Crippen LogP contribution is 2.41. The number of nitrogens with zero attached hydrogens (tertiary/aromatic N) is 1. The van der Waals surface area contributed by atoms with Crippen molar-refractivity contribution >= 4 is 16.6 Å². The van der Waals surface area contributed by atoms with Gasteiger partial charge in [0.25, 0.3) is 0 Å². The number of nitrogens with one attached hydrogen (secondary N) is 1. The Kier molecular flexibility index (Phi) is 5.62. The van der Waals surface area contributed by atoms with Gasteiger partial charge in [-0.05, 0) is 67.8 Å². The summed E-state index contributed by atoms with van der Waals surface area (Å²) in [5, 5.41) is 10.3. The highest BCUT2D eigenvalue weighted by atomic mass is 16.5. The molecule has 4 heteroatoms. The van der Waals surface area contributed by atoms with Gasteiger partial charge in [-0.3, -0.25) is 0 Å². The lowest BCUT2D eigenvalue weighted by atomic mass is 9.91. The number of aromatic nitrogens is 1. The van der Waals surface area contributed by atoms with E-state index in [9.17, 15) is 0 Å². The molecule has 0 fully saturated rings. The van der Waals surface area contributed by atoms with Crippen LogP contribution < -0.4 is 9.64 Å². The number of aliphatic hydroxyl groups excluding tert-OH is 1. The van der Waals surface area contributed by atoms with Gasteiger partial charge in [-0.25, -0.2) is 0 Å². The Labute approximate surface area is 189 Å². The number of ether oxygens (including phenoxy) is 1. The van der Waals surface area contributed by atoms with Crippen LogP contribution in [0.25, 0.3) is 10.9 Å². The first kappa shape index (κ1) is 20.7. The topological polar surface area (TPSA) is 48.5 Å². The van der Waals surface area contributed by atoms with E-state index in [1.807, 2.05) is 12.1 Å². The molecule has 164 valence electrons. The van der Waals surface area contributed by atoms with Crippen molar-refractivity contribution in [1.82, 2.24) is 4.98 Å². The van der Waals surface area contributed by atoms with Crippen molar-refractivity contribution in [2.45, 2.75) is 32.7 Å². The fraction of sp³-hybridized carbons (Fsp3) is 0.286. The quantitative estimate of drug-likeness (QED) is 0.389. The van der Waals surface area contributed by atoms with Gasteiger partial charge in [0.2, 0.25) is 0 Å². The Morgan fingerprint density at radius 3 is 2.47 bits per heavy atom. The third-order valence-electron chi connectivity index (χ3n) is 6.42. The Morgan fingerprint density at radius 1 is 0.969 bits per heavy atom. The number of hydrogen-bond donors (Lipinski definition) is 2. The maximum Gasteiger partial charge on any atom is 0.119 e. The third-order valence-corrected chi connectivity index (χ3v) is 6.42. The smallest absolute Gasteiger partial charge is 0.119 e. The van der Waals surface area contributed by atoms with Crippen molar-refractivity contribution < 1.29 is 9.84 Å². The number of aryl methyl sites for hydroxylation is 2. The van der Waals surface area contributed by atoms with Crippen molar-refractivity contribution in [2.75, 3.05) is 24.7 Å². The predicted molar refractivity (Wildman–Crippen MR) is 131 cm³/mol. The summed E-state index contributed by atoms with van der Waals surface area (Å²) in [5.41, 5.74) is 8.97. The summed E-state index contributed by atoms with van der Waals surface area (Å²) in [6.45, 7) is 5.93. The van der Waals surface area contributed by atoms with Gasteiger partial charge in [0, 0.05) is 41.9 Å². The minimum absolute atomic E-state index is 0.112. The Balaban J connectivity index is 1.58. The molecule has 1 aliphatic rings. The molecule has 0 amide bonds. The average molecular weight is 427 g/mol. The van der Waals surface area contributed by atoms with Crippen molar-refractivity contribution in [3.8, 4) is 5.75 Å². The highest BCUT2D eigenvalue weighted by molar-refractivity contribution is 5.86.